The van der Waals surface area contributed by atoms with Gasteiger partial charge in [-0.15, -0.1) is 0 Å². The van der Waals surface area contributed by atoms with Crippen molar-refractivity contribution in [2.24, 2.45) is 5.92 Å². The number of nitrogens with one attached hydrogen (secondary N) is 1. The molecule has 8 heteroatoms. The van der Waals surface area contributed by atoms with Crippen molar-refractivity contribution in [1.29, 1.82) is 0 Å². The monoisotopic (exact) mass is 431 g/mol. The lowest BCUT2D eigenvalue weighted by Crippen LogP contribution is -2.41. The van der Waals surface area contributed by atoms with Crippen molar-refractivity contribution in [3.05, 3.63) is 45.9 Å². The fourth-order valence-corrected chi connectivity index (χ4v) is 4.35. The van der Waals surface area contributed by atoms with E-state index in [1.165, 1.54) is 11.8 Å². The number of nitrogens with zero attached hydrogens (tertiary/aromatic N) is 2. The molecule has 0 aliphatic carbocycles. The van der Waals surface area contributed by atoms with Crippen LogP contribution < -0.4 is 20.3 Å². The van der Waals surface area contributed by atoms with Gasteiger partial charge in [0.15, 0.2) is 16.7 Å². The highest BCUT2D eigenvalue weighted by Gasteiger charge is 2.28. The number of hydrogen-bond acceptors (Lipinski definition) is 6. The van der Waals surface area contributed by atoms with Crippen LogP contribution in [0.2, 0.25) is 0 Å². The van der Waals surface area contributed by atoms with E-state index in [1.54, 1.807) is 24.9 Å². The topological polar surface area (TPSA) is 82.5 Å². The van der Waals surface area contributed by atoms with Crippen LogP contribution in [0, 0.1) is 5.92 Å². The zero-order chi connectivity index (χ0) is 21.9. The number of thioether (sulfide) groups is 1. The molecule has 1 amide bonds. The zero-order valence-electron chi connectivity index (χ0n) is 18.2. The molecule has 162 valence electrons. The van der Waals surface area contributed by atoms with Gasteiger partial charge in [-0.25, -0.2) is 4.98 Å². The van der Waals surface area contributed by atoms with Gasteiger partial charge in [-0.2, -0.15) is 0 Å². The first-order valence-corrected chi connectivity index (χ1v) is 10.9. The third-order valence-corrected chi connectivity index (χ3v) is 6.23. The molecule has 0 saturated carbocycles. The van der Waals surface area contributed by atoms with Gasteiger partial charge in [0.25, 0.3) is 5.56 Å². The summed E-state index contributed by atoms with van der Waals surface area (Å²) in [5, 5.41) is 3.69. The number of benzene rings is 1. The molecule has 1 aliphatic rings. The Labute approximate surface area is 181 Å². The molecule has 1 aromatic heterocycles. The van der Waals surface area contributed by atoms with E-state index in [0.29, 0.717) is 41.9 Å². The van der Waals surface area contributed by atoms with Gasteiger partial charge in [-0.05, 0) is 24.1 Å². The van der Waals surface area contributed by atoms with Gasteiger partial charge in [0.2, 0.25) is 5.91 Å². The number of amides is 1. The molecule has 30 heavy (non-hydrogen) atoms. The summed E-state index contributed by atoms with van der Waals surface area (Å²) >= 11 is 1.47. The number of ether oxygens (including phenoxy) is 2. The summed E-state index contributed by atoms with van der Waals surface area (Å²) in [6, 6.07) is 7.31. The summed E-state index contributed by atoms with van der Waals surface area (Å²) in [4.78, 5) is 29.9. The largest absolute Gasteiger partial charge is 0.493 e. The Balaban J connectivity index is 1.60. The van der Waals surface area contributed by atoms with E-state index in [-0.39, 0.29) is 22.8 Å². The summed E-state index contributed by atoms with van der Waals surface area (Å²) in [6.45, 7) is 6.98. The molecule has 0 spiro atoms. The first kappa shape index (κ1) is 22.2. The average molecular weight is 432 g/mol. The molecule has 0 unspecified atom stereocenters. The van der Waals surface area contributed by atoms with Crippen molar-refractivity contribution in [3.63, 3.8) is 0 Å². The lowest BCUT2D eigenvalue weighted by Gasteiger charge is -2.26. The number of hydrogen-bond donors (Lipinski definition) is 1. The van der Waals surface area contributed by atoms with Crippen molar-refractivity contribution >= 4 is 17.7 Å². The fraction of sp³-hybridized carbons (Fsp3) is 0.500. The zero-order valence-corrected chi connectivity index (χ0v) is 19.0. The van der Waals surface area contributed by atoms with Crippen LogP contribution in [0.1, 0.15) is 32.0 Å². The summed E-state index contributed by atoms with van der Waals surface area (Å²) < 4.78 is 12.2. The van der Waals surface area contributed by atoms with Gasteiger partial charge < -0.3 is 14.8 Å². The van der Waals surface area contributed by atoms with Gasteiger partial charge in [0.05, 0.1) is 25.8 Å². The molecule has 3 rings (SSSR count). The highest BCUT2D eigenvalue weighted by Crippen LogP contribution is 2.29. The number of methoxy groups -OCH3 is 2. The normalized spacial score (nSPS) is 16.0. The first-order chi connectivity index (χ1) is 14.2. The highest BCUT2D eigenvalue weighted by atomic mass is 32.2. The van der Waals surface area contributed by atoms with Gasteiger partial charge in [-0.3, -0.25) is 14.2 Å². The second-order valence-electron chi connectivity index (χ2n) is 8.36. The van der Waals surface area contributed by atoms with Crippen LogP contribution in [-0.2, 0) is 23.2 Å². The molecule has 0 radical (unpaired) electrons. The minimum Gasteiger partial charge on any atom is -0.493 e. The highest BCUT2D eigenvalue weighted by molar-refractivity contribution is 7.99. The molecule has 0 bridgehead atoms. The molecule has 1 aliphatic heterocycles. The summed E-state index contributed by atoms with van der Waals surface area (Å²) in [7, 11) is 3.20. The van der Waals surface area contributed by atoms with Crippen LogP contribution in [0.3, 0.4) is 0 Å². The van der Waals surface area contributed by atoms with Crippen molar-refractivity contribution in [3.8, 4) is 11.5 Å². The molecule has 2 aromatic rings. The third kappa shape index (κ3) is 4.98. The second kappa shape index (κ2) is 9.12. The van der Waals surface area contributed by atoms with Crippen LogP contribution in [0.5, 0.6) is 11.5 Å². The maximum atomic E-state index is 12.7. The summed E-state index contributed by atoms with van der Waals surface area (Å²) in [5.41, 5.74) is 1.55. The number of fused-ring (bicyclic) bond motifs is 1. The molecule has 2 heterocycles. The van der Waals surface area contributed by atoms with Crippen LogP contribution in [-0.4, -0.2) is 42.0 Å². The predicted molar refractivity (Wildman–Crippen MR) is 118 cm³/mol. The minimum atomic E-state index is -0.257. The smallest absolute Gasteiger partial charge is 0.254 e. The molecule has 1 atom stereocenters. The van der Waals surface area contributed by atoms with Gasteiger partial charge in [-0.1, -0.05) is 38.6 Å². The van der Waals surface area contributed by atoms with E-state index < -0.39 is 0 Å². The first-order valence-electron chi connectivity index (χ1n) is 9.96. The summed E-state index contributed by atoms with van der Waals surface area (Å²) in [6.07, 6.45) is 0.680. The molecule has 0 saturated heterocycles. The lowest BCUT2D eigenvalue weighted by molar-refractivity contribution is -0.124. The molecular weight excluding hydrogens is 402 g/mol. The van der Waals surface area contributed by atoms with E-state index in [4.69, 9.17) is 9.47 Å². The quantitative estimate of drug-likeness (QED) is 0.708. The van der Waals surface area contributed by atoms with Gasteiger partial charge >= 0.3 is 0 Å². The van der Waals surface area contributed by atoms with Crippen LogP contribution in [0.15, 0.2) is 34.2 Å². The second-order valence-corrected chi connectivity index (χ2v) is 9.35. The van der Waals surface area contributed by atoms with Crippen LogP contribution >= 0.6 is 11.8 Å². The van der Waals surface area contributed by atoms with E-state index in [9.17, 15) is 9.59 Å². The van der Waals surface area contributed by atoms with E-state index in [1.807, 2.05) is 39.0 Å². The maximum Gasteiger partial charge on any atom is 0.254 e. The van der Waals surface area contributed by atoms with E-state index in [0.717, 1.165) is 11.3 Å². The number of carbonyl (C=O) groups is 1. The predicted octanol–water partition coefficient (Wildman–Crippen LogP) is 2.64. The van der Waals surface area contributed by atoms with Crippen LogP contribution in [0.25, 0.3) is 0 Å². The fourth-order valence-electron chi connectivity index (χ4n) is 3.26. The number of carbonyl (C=O) groups excluding carboxylic acids is 1. The number of rotatable bonds is 6. The molecule has 1 N–H and O–H groups in total. The van der Waals surface area contributed by atoms with Gasteiger partial charge in [0.1, 0.15) is 0 Å². The average Bonchev–Trinajstić information content (AvgIpc) is 2.72. The third-order valence-electron chi connectivity index (χ3n) is 5.09. The van der Waals surface area contributed by atoms with Crippen molar-refractivity contribution < 1.29 is 14.3 Å². The standard InChI is InChI=1S/C22H29N3O4S/c1-22(2,3)18-11-19(26)25-12-15(13-30-21(25)24-18)20(27)23-9-8-14-6-7-16(28-4)17(10-14)29-5/h6-7,10-11,15H,8-9,12-13H2,1-5H3,(H,23,27)/t15-/m1/s1. The van der Waals surface area contributed by atoms with Crippen molar-refractivity contribution in [2.45, 2.75) is 44.3 Å². The Morgan fingerprint density at radius 1 is 1.23 bits per heavy atom. The van der Waals surface area contributed by atoms with E-state index >= 15 is 0 Å². The van der Waals surface area contributed by atoms with Crippen LogP contribution in [0.4, 0.5) is 0 Å². The number of aromatic nitrogens is 2. The molecular formula is C22H29N3O4S. The summed E-state index contributed by atoms with van der Waals surface area (Å²) in [5.74, 6) is 1.66. The Hall–Kier alpha value is -2.48. The maximum absolute atomic E-state index is 12.7. The minimum absolute atomic E-state index is 0.0413. The van der Waals surface area contributed by atoms with Gasteiger partial charge in [0, 0.05) is 30.3 Å². The Bertz CT molecular complexity index is 981. The molecule has 0 fully saturated rings. The Morgan fingerprint density at radius 3 is 2.63 bits per heavy atom. The molecule has 7 nitrogen and oxygen atoms in total. The van der Waals surface area contributed by atoms with E-state index in [2.05, 4.69) is 10.3 Å². The van der Waals surface area contributed by atoms with Crippen molar-refractivity contribution in [1.82, 2.24) is 14.9 Å². The van der Waals surface area contributed by atoms with Crippen molar-refractivity contribution in [2.75, 3.05) is 26.5 Å². The Kier molecular flexibility index (Phi) is 6.75. The molecule has 1 aromatic carbocycles. The lowest BCUT2D eigenvalue weighted by atomic mass is 9.92. The Morgan fingerprint density at radius 2 is 1.97 bits per heavy atom. The SMILES string of the molecule is COc1ccc(CCNC(=O)[C@H]2CSc3nc(C(C)(C)C)cc(=O)n3C2)cc1OC.